The molecular weight excluding hydrogens is 284 g/mol. The molecule has 0 amide bonds. The smallest absolute Gasteiger partial charge is 0.373 e. The number of rotatable bonds is 4. The van der Waals surface area contributed by atoms with E-state index >= 15 is 0 Å². The summed E-state index contributed by atoms with van der Waals surface area (Å²) >= 11 is 0. The van der Waals surface area contributed by atoms with Crippen LogP contribution in [0.5, 0.6) is 0 Å². The molecule has 94 valence electrons. The summed E-state index contributed by atoms with van der Waals surface area (Å²) < 4.78 is 23.4. The highest BCUT2D eigenvalue weighted by molar-refractivity contribution is 6.94. The third-order valence-corrected chi connectivity index (χ3v) is 14.7. The summed E-state index contributed by atoms with van der Waals surface area (Å²) in [6.07, 6.45) is 0. The van der Waals surface area contributed by atoms with Crippen molar-refractivity contribution in [2.24, 2.45) is 0 Å². The highest BCUT2D eigenvalue weighted by Gasteiger charge is 2.45. The van der Waals surface area contributed by atoms with Crippen LogP contribution in [0.15, 0.2) is 49.1 Å². The highest BCUT2D eigenvalue weighted by atomic mass is 28.5. The molecule has 0 N–H and O–H groups in total. The van der Waals surface area contributed by atoms with E-state index in [2.05, 4.69) is 26.3 Å². The fraction of sp³-hybridized carbons (Fsp3) is 0.111. The molecule has 0 aromatic heterocycles. The molecule has 1 aliphatic rings. The maximum absolute atomic E-state index is 6.08. The van der Waals surface area contributed by atoms with Crippen LogP contribution in [0.3, 0.4) is 0 Å². The van der Waals surface area contributed by atoms with Crippen molar-refractivity contribution in [3.8, 4) is 0 Å². The Kier molecular flexibility index (Phi) is 5.21. The number of hydrogen-bond acceptors (Lipinski definition) is 4. The summed E-state index contributed by atoms with van der Waals surface area (Å²) in [5.41, 5.74) is 6.76. The van der Waals surface area contributed by atoms with Gasteiger partial charge in [0.05, 0.1) is 0 Å². The Morgan fingerprint density at radius 3 is 2.00 bits per heavy atom. The van der Waals surface area contributed by atoms with E-state index < -0.39 is 36.4 Å². The first-order valence-electron chi connectivity index (χ1n) is 5.23. The summed E-state index contributed by atoms with van der Waals surface area (Å²) in [5, 5.41) is 0. The topological polar surface area (TPSA) is 36.9 Å². The van der Waals surface area contributed by atoms with Crippen LogP contribution in [0.25, 0.3) is 0 Å². The van der Waals surface area contributed by atoms with Crippen LogP contribution in [-0.2, 0) is 16.5 Å². The molecule has 0 aliphatic carbocycles. The lowest BCUT2D eigenvalue weighted by atomic mass is 11.2. The van der Waals surface area contributed by atoms with Gasteiger partial charge < -0.3 is 16.5 Å². The Balaban J connectivity index is 3.08. The summed E-state index contributed by atoms with van der Waals surface area (Å²) in [6.45, 7) is 17.1. The van der Waals surface area contributed by atoms with Gasteiger partial charge in [0.25, 0.3) is 10.0 Å². The van der Waals surface area contributed by atoms with Crippen LogP contribution in [0.2, 0.25) is 6.55 Å². The summed E-state index contributed by atoms with van der Waals surface area (Å²) in [7, 11) is -8.14. The first kappa shape index (κ1) is 14.7. The lowest BCUT2D eigenvalue weighted by molar-refractivity contribution is 0.289. The van der Waals surface area contributed by atoms with Gasteiger partial charge in [-0.1, -0.05) is 0 Å². The van der Waals surface area contributed by atoms with Crippen molar-refractivity contribution in [3.63, 3.8) is 0 Å². The normalized spacial score (nSPS) is 28.6. The number of hydrogen-bond donors (Lipinski definition) is 0. The minimum Gasteiger partial charge on any atom is -0.423 e. The van der Waals surface area contributed by atoms with E-state index in [1.54, 1.807) is 22.8 Å². The molecule has 0 spiro atoms. The molecule has 17 heavy (non-hydrogen) atoms. The first-order chi connectivity index (χ1) is 8.05. The second-order valence-electron chi connectivity index (χ2n) is 3.48. The van der Waals surface area contributed by atoms with Crippen LogP contribution in [0.4, 0.5) is 0 Å². The maximum atomic E-state index is 6.08. The van der Waals surface area contributed by atoms with E-state index in [-0.39, 0.29) is 0 Å². The van der Waals surface area contributed by atoms with Gasteiger partial charge in [0.2, 0.25) is 0 Å². The van der Waals surface area contributed by atoms with Crippen LogP contribution in [-0.4, -0.2) is 36.4 Å². The van der Waals surface area contributed by atoms with E-state index in [9.17, 15) is 0 Å². The molecule has 4 nitrogen and oxygen atoms in total. The summed E-state index contributed by atoms with van der Waals surface area (Å²) in [5.74, 6) is 0. The van der Waals surface area contributed by atoms with Crippen molar-refractivity contribution in [3.05, 3.63) is 49.1 Å². The SMILES string of the molecule is C=C[Si]1(C=C)O[SiH2]O[SiH](C)O[Si](C=C)(C=C)O1. The summed E-state index contributed by atoms with van der Waals surface area (Å²) in [4.78, 5) is 0. The largest absolute Gasteiger partial charge is 0.423 e. The molecule has 1 heterocycles. The molecule has 0 saturated carbocycles. The second kappa shape index (κ2) is 6.02. The van der Waals surface area contributed by atoms with Crippen molar-refractivity contribution in [1.29, 1.82) is 0 Å². The van der Waals surface area contributed by atoms with Gasteiger partial charge >= 0.3 is 26.4 Å². The Morgan fingerprint density at radius 2 is 1.53 bits per heavy atom. The average molecular weight is 303 g/mol. The maximum Gasteiger partial charge on any atom is 0.373 e. The van der Waals surface area contributed by atoms with Gasteiger partial charge in [-0.2, -0.15) is 0 Å². The molecule has 1 unspecified atom stereocenters. The van der Waals surface area contributed by atoms with E-state index in [1.165, 1.54) is 0 Å². The Morgan fingerprint density at radius 1 is 1.00 bits per heavy atom. The van der Waals surface area contributed by atoms with Crippen molar-refractivity contribution in [2.45, 2.75) is 6.55 Å². The minimum absolute atomic E-state index is 1.10. The van der Waals surface area contributed by atoms with Crippen molar-refractivity contribution < 1.29 is 16.5 Å². The van der Waals surface area contributed by atoms with Crippen molar-refractivity contribution >= 4 is 36.4 Å². The van der Waals surface area contributed by atoms with Gasteiger partial charge in [-0.15, -0.1) is 26.3 Å². The predicted octanol–water partition coefficient (Wildman–Crippen LogP) is 0.701. The molecule has 0 aromatic carbocycles. The van der Waals surface area contributed by atoms with Gasteiger partial charge in [0, 0.05) is 0 Å². The molecule has 1 saturated heterocycles. The van der Waals surface area contributed by atoms with Gasteiger partial charge in [-0.05, 0) is 29.3 Å². The van der Waals surface area contributed by atoms with E-state index in [1.807, 2.05) is 6.55 Å². The molecule has 0 aromatic rings. The Bertz CT molecular complexity index is 317. The lowest BCUT2D eigenvalue weighted by Gasteiger charge is -2.38. The van der Waals surface area contributed by atoms with Crippen LogP contribution in [0, 0.1) is 0 Å². The van der Waals surface area contributed by atoms with Crippen LogP contribution < -0.4 is 0 Å². The minimum atomic E-state index is -2.67. The molecule has 8 heteroatoms. The van der Waals surface area contributed by atoms with E-state index in [4.69, 9.17) is 16.5 Å². The quantitative estimate of drug-likeness (QED) is 0.717. The Labute approximate surface area is 109 Å². The van der Waals surface area contributed by atoms with Crippen molar-refractivity contribution in [2.75, 3.05) is 0 Å². The molecule has 0 bridgehead atoms. The molecule has 0 radical (unpaired) electrons. The zero-order valence-electron chi connectivity index (χ0n) is 10.1. The second-order valence-corrected chi connectivity index (χ2v) is 13.6. The molecular formula is C9H18O4Si4. The summed E-state index contributed by atoms with van der Waals surface area (Å²) in [6, 6.07) is 0. The zero-order valence-corrected chi connectivity index (χ0v) is 14.6. The monoisotopic (exact) mass is 302 g/mol. The first-order valence-corrected chi connectivity index (χ1v) is 12.4. The zero-order chi connectivity index (χ0) is 12.9. The fourth-order valence-corrected chi connectivity index (χ4v) is 13.5. The standard InChI is InChI=1S/C9H18O4Si4/c1-6-16(7-2)11-14-10-15(5)12-17(8-3,9-4)13-16/h6-9,15H,1-4,14H2,5H3. The molecule has 1 fully saturated rings. The third kappa shape index (κ3) is 3.33. The molecule has 1 atom stereocenters. The van der Waals surface area contributed by atoms with Crippen molar-refractivity contribution in [1.82, 2.24) is 0 Å². The van der Waals surface area contributed by atoms with Crippen LogP contribution >= 0.6 is 0 Å². The third-order valence-electron chi connectivity index (χ3n) is 2.39. The average Bonchev–Trinajstić information content (AvgIpc) is 2.34. The van der Waals surface area contributed by atoms with Gasteiger partial charge in [0.15, 0.2) is 0 Å². The van der Waals surface area contributed by atoms with E-state index in [0.29, 0.717) is 0 Å². The fourth-order valence-electron chi connectivity index (χ4n) is 1.37. The van der Waals surface area contributed by atoms with Crippen LogP contribution in [0.1, 0.15) is 0 Å². The highest BCUT2D eigenvalue weighted by Crippen LogP contribution is 2.23. The molecule has 1 rings (SSSR count). The Hall–Kier alpha value is -0.332. The predicted molar refractivity (Wildman–Crippen MR) is 78.2 cm³/mol. The lowest BCUT2D eigenvalue weighted by Crippen LogP contribution is -2.57. The van der Waals surface area contributed by atoms with Gasteiger partial charge in [-0.3, -0.25) is 0 Å². The van der Waals surface area contributed by atoms with Gasteiger partial charge in [0.1, 0.15) is 0 Å². The van der Waals surface area contributed by atoms with Gasteiger partial charge in [-0.25, -0.2) is 0 Å². The molecule has 1 aliphatic heterocycles. The van der Waals surface area contributed by atoms with E-state index in [0.717, 1.165) is 0 Å².